The van der Waals surface area contributed by atoms with Crippen LogP contribution in [-0.2, 0) is 4.79 Å². The van der Waals surface area contributed by atoms with Crippen molar-refractivity contribution in [3.05, 3.63) is 0 Å². The number of hydrogen-bond acceptors (Lipinski definition) is 3. The highest BCUT2D eigenvalue weighted by molar-refractivity contribution is 5.77. The first-order valence-corrected chi connectivity index (χ1v) is 5.90. The van der Waals surface area contributed by atoms with Gasteiger partial charge in [0.25, 0.3) is 0 Å². The van der Waals surface area contributed by atoms with E-state index in [-0.39, 0.29) is 11.8 Å². The Morgan fingerprint density at radius 3 is 2.87 bits per heavy atom. The second kappa shape index (κ2) is 6.08. The summed E-state index contributed by atoms with van der Waals surface area (Å²) < 4.78 is 0. The fourth-order valence-corrected chi connectivity index (χ4v) is 2.58. The van der Waals surface area contributed by atoms with Crippen molar-refractivity contribution in [2.24, 2.45) is 29.2 Å². The Morgan fingerprint density at radius 1 is 1.60 bits per heavy atom. The second-order valence-electron chi connectivity index (χ2n) is 4.45. The number of rotatable bonds is 5. The zero-order chi connectivity index (χ0) is 11.3. The van der Waals surface area contributed by atoms with Gasteiger partial charge in [0.15, 0.2) is 0 Å². The van der Waals surface area contributed by atoms with Gasteiger partial charge in [0.05, 0.1) is 0 Å². The molecule has 0 aromatic carbocycles. The number of nitrogens with one attached hydrogen (secondary N) is 1. The van der Waals surface area contributed by atoms with Gasteiger partial charge in [0.1, 0.15) is 0 Å². The molecule has 1 aliphatic heterocycles. The topological polar surface area (TPSA) is 81.1 Å². The van der Waals surface area contributed by atoms with Crippen LogP contribution in [0.2, 0.25) is 0 Å². The van der Waals surface area contributed by atoms with Gasteiger partial charge in [-0.25, -0.2) is 0 Å². The summed E-state index contributed by atoms with van der Waals surface area (Å²) in [4.78, 5) is 11.4. The predicted molar refractivity (Wildman–Crippen MR) is 61.1 cm³/mol. The van der Waals surface area contributed by atoms with Gasteiger partial charge in [-0.2, -0.15) is 0 Å². The average molecular weight is 213 g/mol. The van der Waals surface area contributed by atoms with Gasteiger partial charge >= 0.3 is 0 Å². The molecule has 0 bridgehead atoms. The maximum atomic E-state index is 11.4. The maximum absolute atomic E-state index is 11.4. The Hall–Kier alpha value is -0.610. The standard InChI is InChI=1S/C11H23N3O/c1-2-3-9(11(13)15)10-7-14-5-4-8(10)6-12/h8-10,14H,2-7,12H2,1H3,(H2,13,15). The first kappa shape index (κ1) is 12.5. The summed E-state index contributed by atoms with van der Waals surface area (Å²) in [5.74, 6) is 0.622. The molecule has 1 fully saturated rings. The molecule has 5 N–H and O–H groups in total. The summed E-state index contributed by atoms with van der Waals surface area (Å²) in [6.07, 6.45) is 2.95. The van der Waals surface area contributed by atoms with Crippen LogP contribution in [0.5, 0.6) is 0 Å². The fraction of sp³-hybridized carbons (Fsp3) is 0.909. The maximum Gasteiger partial charge on any atom is 0.220 e. The number of hydrogen-bond donors (Lipinski definition) is 3. The molecule has 0 aromatic rings. The van der Waals surface area contributed by atoms with Crippen molar-refractivity contribution < 1.29 is 4.79 Å². The Bertz CT molecular complexity index is 208. The quantitative estimate of drug-likeness (QED) is 0.604. The zero-order valence-corrected chi connectivity index (χ0v) is 9.54. The van der Waals surface area contributed by atoms with Crippen molar-refractivity contribution >= 4 is 5.91 Å². The number of primary amides is 1. The highest BCUT2D eigenvalue weighted by atomic mass is 16.1. The molecular weight excluding hydrogens is 190 g/mol. The Balaban J connectivity index is 2.65. The van der Waals surface area contributed by atoms with E-state index in [1.165, 1.54) is 0 Å². The number of carbonyl (C=O) groups excluding carboxylic acids is 1. The first-order valence-electron chi connectivity index (χ1n) is 5.90. The van der Waals surface area contributed by atoms with Gasteiger partial charge in [-0.15, -0.1) is 0 Å². The lowest BCUT2D eigenvalue weighted by molar-refractivity contribution is -0.124. The third kappa shape index (κ3) is 3.18. The van der Waals surface area contributed by atoms with Crippen LogP contribution < -0.4 is 16.8 Å². The van der Waals surface area contributed by atoms with Crippen molar-refractivity contribution in [1.29, 1.82) is 0 Å². The zero-order valence-electron chi connectivity index (χ0n) is 9.54. The second-order valence-corrected chi connectivity index (χ2v) is 4.45. The summed E-state index contributed by atoms with van der Waals surface area (Å²) in [5, 5.41) is 3.33. The first-order chi connectivity index (χ1) is 7.20. The van der Waals surface area contributed by atoms with Gasteiger partial charge in [-0.3, -0.25) is 4.79 Å². The number of carbonyl (C=O) groups is 1. The van der Waals surface area contributed by atoms with Crippen LogP contribution in [-0.4, -0.2) is 25.5 Å². The highest BCUT2D eigenvalue weighted by Crippen LogP contribution is 2.28. The van der Waals surface area contributed by atoms with Crippen LogP contribution >= 0.6 is 0 Å². The number of amides is 1. The highest BCUT2D eigenvalue weighted by Gasteiger charge is 2.33. The number of nitrogens with two attached hydrogens (primary N) is 2. The van der Waals surface area contributed by atoms with Crippen molar-refractivity contribution in [2.75, 3.05) is 19.6 Å². The van der Waals surface area contributed by atoms with Crippen LogP contribution in [0.1, 0.15) is 26.2 Å². The van der Waals surface area contributed by atoms with Crippen LogP contribution in [0.25, 0.3) is 0 Å². The van der Waals surface area contributed by atoms with Crippen LogP contribution in [0.3, 0.4) is 0 Å². The fourth-order valence-electron chi connectivity index (χ4n) is 2.58. The molecule has 0 saturated carbocycles. The lowest BCUT2D eigenvalue weighted by Gasteiger charge is -2.35. The van der Waals surface area contributed by atoms with E-state index in [2.05, 4.69) is 12.2 Å². The van der Waals surface area contributed by atoms with E-state index in [4.69, 9.17) is 11.5 Å². The van der Waals surface area contributed by atoms with Gasteiger partial charge in [0, 0.05) is 5.92 Å². The minimum absolute atomic E-state index is 0.00338. The van der Waals surface area contributed by atoms with E-state index >= 15 is 0 Å². The van der Waals surface area contributed by atoms with E-state index in [0.29, 0.717) is 18.4 Å². The molecule has 1 rings (SSSR count). The van der Waals surface area contributed by atoms with Gasteiger partial charge < -0.3 is 16.8 Å². The Kier molecular flexibility index (Phi) is 5.05. The normalized spacial score (nSPS) is 28.7. The molecule has 1 aliphatic rings. The third-order valence-corrected chi connectivity index (χ3v) is 3.46. The van der Waals surface area contributed by atoms with E-state index < -0.39 is 0 Å². The Labute approximate surface area is 91.8 Å². The van der Waals surface area contributed by atoms with Crippen molar-refractivity contribution in [3.8, 4) is 0 Å². The smallest absolute Gasteiger partial charge is 0.220 e. The summed E-state index contributed by atoms with van der Waals surface area (Å²) in [7, 11) is 0. The molecule has 1 saturated heterocycles. The predicted octanol–water partition coefficient (Wildman–Crippen LogP) is 0.0724. The molecule has 1 amide bonds. The molecule has 3 atom stereocenters. The molecule has 15 heavy (non-hydrogen) atoms. The summed E-state index contributed by atoms with van der Waals surface area (Å²) in [6.45, 7) is 4.65. The molecule has 3 unspecified atom stereocenters. The third-order valence-electron chi connectivity index (χ3n) is 3.46. The summed E-state index contributed by atoms with van der Waals surface area (Å²) in [6, 6.07) is 0. The lowest BCUT2D eigenvalue weighted by atomic mass is 9.75. The minimum Gasteiger partial charge on any atom is -0.369 e. The van der Waals surface area contributed by atoms with E-state index in [1.54, 1.807) is 0 Å². The van der Waals surface area contributed by atoms with E-state index in [1.807, 2.05) is 0 Å². The monoisotopic (exact) mass is 213 g/mol. The molecule has 88 valence electrons. The summed E-state index contributed by atoms with van der Waals surface area (Å²) >= 11 is 0. The molecule has 4 heteroatoms. The average Bonchev–Trinajstić information content (AvgIpc) is 2.25. The largest absolute Gasteiger partial charge is 0.369 e. The van der Waals surface area contributed by atoms with Gasteiger partial charge in [-0.1, -0.05) is 13.3 Å². The van der Waals surface area contributed by atoms with E-state index in [9.17, 15) is 4.79 Å². The molecule has 0 aliphatic carbocycles. The molecular formula is C11H23N3O. The molecule has 0 spiro atoms. The Morgan fingerprint density at radius 2 is 2.33 bits per heavy atom. The lowest BCUT2D eigenvalue weighted by Crippen LogP contribution is -2.46. The molecule has 0 aromatic heterocycles. The van der Waals surface area contributed by atoms with Crippen LogP contribution in [0, 0.1) is 17.8 Å². The van der Waals surface area contributed by atoms with Gasteiger partial charge in [-0.05, 0) is 44.3 Å². The summed E-state index contributed by atoms with van der Waals surface area (Å²) in [5.41, 5.74) is 11.2. The van der Waals surface area contributed by atoms with E-state index in [0.717, 1.165) is 32.4 Å². The van der Waals surface area contributed by atoms with Crippen molar-refractivity contribution in [1.82, 2.24) is 5.32 Å². The van der Waals surface area contributed by atoms with Gasteiger partial charge in [0.2, 0.25) is 5.91 Å². The SMILES string of the molecule is CCCC(C(N)=O)C1CNCCC1CN. The van der Waals surface area contributed by atoms with Crippen molar-refractivity contribution in [3.63, 3.8) is 0 Å². The minimum atomic E-state index is -0.163. The molecule has 0 radical (unpaired) electrons. The number of piperidine rings is 1. The molecule has 1 heterocycles. The van der Waals surface area contributed by atoms with Crippen LogP contribution in [0.15, 0.2) is 0 Å². The van der Waals surface area contributed by atoms with Crippen LogP contribution in [0.4, 0.5) is 0 Å². The molecule has 4 nitrogen and oxygen atoms in total. The van der Waals surface area contributed by atoms with Crippen molar-refractivity contribution in [2.45, 2.75) is 26.2 Å².